The van der Waals surface area contributed by atoms with Gasteiger partial charge < -0.3 is 15.2 Å². The van der Waals surface area contributed by atoms with Gasteiger partial charge in [0.05, 0.1) is 12.8 Å². The van der Waals surface area contributed by atoms with Crippen molar-refractivity contribution in [2.24, 2.45) is 0 Å². The van der Waals surface area contributed by atoms with E-state index in [1.54, 1.807) is 31.4 Å². The van der Waals surface area contributed by atoms with Crippen molar-refractivity contribution >= 4 is 22.2 Å². The number of hydrogen-bond donors (Lipinski definition) is 1. The van der Waals surface area contributed by atoms with Gasteiger partial charge in [-0.05, 0) is 29.7 Å². The second kappa shape index (κ2) is 6.40. The predicted octanol–water partition coefficient (Wildman–Crippen LogP) is 3.69. The highest BCUT2D eigenvalue weighted by Crippen LogP contribution is 2.29. The maximum atomic E-state index is 12.5. The van der Waals surface area contributed by atoms with E-state index in [0.29, 0.717) is 17.0 Å². The maximum absolute atomic E-state index is 12.5. The molecule has 3 rings (SSSR count). The second-order valence-electron chi connectivity index (χ2n) is 5.11. The zero-order valence-electron chi connectivity index (χ0n) is 12.8. The first-order valence-corrected chi connectivity index (χ1v) is 7.27. The average Bonchev–Trinajstić information content (AvgIpc) is 2.59. The van der Waals surface area contributed by atoms with Crippen LogP contribution in [0, 0.1) is 0 Å². The van der Waals surface area contributed by atoms with Gasteiger partial charge in [-0.25, -0.2) is 0 Å². The lowest BCUT2D eigenvalue weighted by molar-refractivity contribution is 0.0924. The van der Waals surface area contributed by atoms with Crippen molar-refractivity contribution in [3.63, 3.8) is 0 Å². The molecular formula is C19H17NO3. The van der Waals surface area contributed by atoms with Crippen molar-refractivity contribution in [2.45, 2.75) is 0 Å². The molecule has 0 unspecified atom stereocenters. The van der Waals surface area contributed by atoms with Crippen LogP contribution in [0.2, 0.25) is 0 Å². The third kappa shape index (κ3) is 2.97. The van der Waals surface area contributed by atoms with Crippen molar-refractivity contribution in [3.8, 4) is 11.5 Å². The van der Waals surface area contributed by atoms with E-state index in [4.69, 9.17) is 15.2 Å². The van der Waals surface area contributed by atoms with Gasteiger partial charge in [0.15, 0.2) is 6.61 Å². The highest BCUT2D eigenvalue weighted by atomic mass is 16.5. The van der Waals surface area contributed by atoms with Gasteiger partial charge in [-0.15, -0.1) is 0 Å². The minimum atomic E-state index is -0.105. The SMILES string of the molecule is COc1ccc(C(=O)COc2ccccc2N)c2ccccc12. The monoisotopic (exact) mass is 307 g/mol. The van der Waals surface area contributed by atoms with Crippen LogP contribution in [0.15, 0.2) is 60.7 Å². The molecule has 0 aliphatic carbocycles. The zero-order valence-corrected chi connectivity index (χ0v) is 12.8. The van der Waals surface area contributed by atoms with E-state index in [0.717, 1.165) is 16.5 Å². The average molecular weight is 307 g/mol. The number of anilines is 1. The lowest BCUT2D eigenvalue weighted by Crippen LogP contribution is -2.13. The number of rotatable bonds is 5. The summed E-state index contributed by atoms with van der Waals surface area (Å²) in [5, 5.41) is 1.75. The normalized spacial score (nSPS) is 10.5. The highest BCUT2D eigenvalue weighted by molar-refractivity contribution is 6.10. The second-order valence-corrected chi connectivity index (χ2v) is 5.11. The first-order valence-electron chi connectivity index (χ1n) is 7.27. The molecule has 0 amide bonds. The van der Waals surface area contributed by atoms with E-state index in [-0.39, 0.29) is 12.4 Å². The van der Waals surface area contributed by atoms with Gasteiger partial charge in [0.2, 0.25) is 5.78 Å². The molecule has 4 heteroatoms. The fraction of sp³-hybridized carbons (Fsp3) is 0.105. The quantitative estimate of drug-likeness (QED) is 0.577. The summed E-state index contributed by atoms with van der Waals surface area (Å²) in [6.45, 7) is -0.0649. The lowest BCUT2D eigenvalue weighted by Gasteiger charge is -2.11. The molecule has 0 aromatic heterocycles. The van der Waals surface area contributed by atoms with E-state index < -0.39 is 0 Å². The topological polar surface area (TPSA) is 61.5 Å². The number of hydrogen-bond acceptors (Lipinski definition) is 4. The smallest absolute Gasteiger partial charge is 0.200 e. The zero-order chi connectivity index (χ0) is 16.2. The number of carbonyl (C=O) groups excluding carboxylic acids is 1. The molecule has 0 radical (unpaired) electrons. The van der Waals surface area contributed by atoms with Crippen LogP contribution in [0.3, 0.4) is 0 Å². The van der Waals surface area contributed by atoms with Crippen molar-refractivity contribution in [1.82, 2.24) is 0 Å². The first kappa shape index (κ1) is 14.9. The molecule has 0 bridgehead atoms. The number of fused-ring (bicyclic) bond motifs is 1. The van der Waals surface area contributed by atoms with Crippen LogP contribution >= 0.6 is 0 Å². The number of Topliss-reactive ketones (excluding diaryl/α,β-unsaturated/α-hetero) is 1. The van der Waals surface area contributed by atoms with Gasteiger partial charge >= 0.3 is 0 Å². The molecule has 23 heavy (non-hydrogen) atoms. The molecule has 0 saturated carbocycles. The Labute approximate surface area is 134 Å². The van der Waals surface area contributed by atoms with E-state index >= 15 is 0 Å². The summed E-state index contributed by atoms with van der Waals surface area (Å²) >= 11 is 0. The molecule has 3 aromatic carbocycles. The number of nitrogens with two attached hydrogens (primary N) is 1. The Morgan fingerprint density at radius 3 is 2.35 bits per heavy atom. The molecule has 0 fully saturated rings. The Hall–Kier alpha value is -3.01. The molecule has 0 aliphatic heterocycles. The molecule has 0 aliphatic rings. The Kier molecular flexibility index (Phi) is 4.15. The number of para-hydroxylation sites is 2. The van der Waals surface area contributed by atoms with Crippen LogP contribution in [0.4, 0.5) is 5.69 Å². The Balaban J connectivity index is 1.88. The summed E-state index contributed by atoms with van der Waals surface area (Å²) in [4.78, 5) is 12.5. The van der Waals surface area contributed by atoms with Gasteiger partial charge in [0.25, 0.3) is 0 Å². The fourth-order valence-electron chi connectivity index (χ4n) is 2.53. The third-order valence-corrected chi connectivity index (χ3v) is 3.68. The van der Waals surface area contributed by atoms with Crippen LogP contribution in [0.1, 0.15) is 10.4 Å². The predicted molar refractivity (Wildman–Crippen MR) is 91.2 cm³/mol. The van der Waals surface area contributed by atoms with Crippen molar-refractivity contribution < 1.29 is 14.3 Å². The van der Waals surface area contributed by atoms with Crippen LogP contribution in [-0.2, 0) is 0 Å². The van der Waals surface area contributed by atoms with E-state index in [9.17, 15) is 4.79 Å². The number of benzene rings is 3. The summed E-state index contributed by atoms with van der Waals surface area (Å²) in [5.74, 6) is 1.15. The Bertz CT molecular complexity index is 858. The van der Waals surface area contributed by atoms with Crippen molar-refractivity contribution in [1.29, 1.82) is 0 Å². The minimum Gasteiger partial charge on any atom is -0.496 e. The molecule has 0 spiro atoms. The summed E-state index contributed by atoms with van der Waals surface area (Å²) in [6, 6.07) is 18.3. The fourth-order valence-corrected chi connectivity index (χ4v) is 2.53. The first-order chi connectivity index (χ1) is 11.2. The largest absolute Gasteiger partial charge is 0.496 e. The van der Waals surface area contributed by atoms with Crippen molar-refractivity contribution in [3.05, 3.63) is 66.2 Å². The van der Waals surface area contributed by atoms with Crippen LogP contribution in [-0.4, -0.2) is 19.5 Å². The Morgan fingerprint density at radius 2 is 1.61 bits per heavy atom. The molecule has 116 valence electrons. The molecule has 4 nitrogen and oxygen atoms in total. The summed E-state index contributed by atoms with van der Waals surface area (Å²) in [5.41, 5.74) is 6.94. The van der Waals surface area contributed by atoms with Gasteiger partial charge in [-0.3, -0.25) is 4.79 Å². The number of methoxy groups -OCH3 is 1. The van der Waals surface area contributed by atoms with Gasteiger partial charge in [0.1, 0.15) is 11.5 Å². The molecular weight excluding hydrogens is 290 g/mol. The van der Waals surface area contributed by atoms with E-state index in [1.807, 2.05) is 36.4 Å². The molecule has 2 N–H and O–H groups in total. The summed E-state index contributed by atoms with van der Waals surface area (Å²) in [6.07, 6.45) is 0. The van der Waals surface area contributed by atoms with Gasteiger partial charge in [-0.1, -0.05) is 36.4 Å². The van der Waals surface area contributed by atoms with Crippen LogP contribution in [0.5, 0.6) is 11.5 Å². The van der Waals surface area contributed by atoms with Crippen LogP contribution in [0.25, 0.3) is 10.8 Å². The highest BCUT2D eigenvalue weighted by Gasteiger charge is 2.13. The molecule has 0 saturated heterocycles. The van der Waals surface area contributed by atoms with E-state index in [1.165, 1.54) is 0 Å². The van der Waals surface area contributed by atoms with Gasteiger partial charge in [-0.2, -0.15) is 0 Å². The lowest BCUT2D eigenvalue weighted by atomic mass is 10.0. The third-order valence-electron chi connectivity index (χ3n) is 3.68. The Morgan fingerprint density at radius 1 is 0.913 bits per heavy atom. The molecule has 0 atom stereocenters. The maximum Gasteiger partial charge on any atom is 0.200 e. The van der Waals surface area contributed by atoms with Crippen LogP contribution < -0.4 is 15.2 Å². The number of nitrogen functional groups attached to an aromatic ring is 1. The standard InChI is InChI=1S/C19H17NO3/c1-22-18-11-10-14(13-6-2-3-7-15(13)18)17(21)12-23-19-9-5-4-8-16(19)20/h2-11H,12,20H2,1H3. The van der Waals surface area contributed by atoms with Gasteiger partial charge in [0, 0.05) is 10.9 Å². The minimum absolute atomic E-state index is 0.0649. The number of ketones is 1. The number of ether oxygens (including phenoxy) is 2. The summed E-state index contributed by atoms with van der Waals surface area (Å²) < 4.78 is 10.9. The van der Waals surface area contributed by atoms with E-state index in [2.05, 4.69) is 0 Å². The molecule has 3 aromatic rings. The molecule has 0 heterocycles. The summed E-state index contributed by atoms with van der Waals surface area (Å²) in [7, 11) is 1.62. The van der Waals surface area contributed by atoms with Crippen molar-refractivity contribution in [2.75, 3.05) is 19.5 Å². The number of carbonyl (C=O) groups is 1.